The van der Waals surface area contributed by atoms with E-state index < -0.39 is 36.0 Å². The quantitative estimate of drug-likeness (QED) is 0.900. The summed E-state index contributed by atoms with van der Waals surface area (Å²) >= 11 is 0. The molecule has 0 radical (unpaired) electrons. The third-order valence-electron chi connectivity index (χ3n) is 5.17. The Morgan fingerprint density at radius 1 is 1.24 bits per heavy atom. The molecule has 6 heteroatoms. The molecule has 0 bridgehead atoms. The van der Waals surface area contributed by atoms with Crippen molar-refractivity contribution in [3.63, 3.8) is 0 Å². The molecule has 1 aromatic carbocycles. The van der Waals surface area contributed by atoms with Crippen LogP contribution in [0.5, 0.6) is 0 Å². The van der Waals surface area contributed by atoms with Gasteiger partial charge in [0.1, 0.15) is 23.6 Å². The van der Waals surface area contributed by atoms with Gasteiger partial charge >= 0.3 is 0 Å². The van der Waals surface area contributed by atoms with Gasteiger partial charge in [-0.05, 0) is 25.8 Å². The van der Waals surface area contributed by atoms with Crippen molar-refractivity contribution in [1.82, 2.24) is 0 Å². The first-order chi connectivity index (χ1) is 11.9. The van der Waals surface area contributed by atoms with Crippen LogP contribution in [0.3, 0.4) is 0 Å². The van der Waals surface area contributed by atoms with E-state index in [2.05, 4.69) is 0 Å². The zero-order valence-corrected chi connectivity index (χ0v) is 14.5. The van der Waals surface area contributed by atoms with Crippen LogP contribution >= 0.6 is 0 Å². The highest BCUT2D eigenvalue weighted by Gasteiger charge is 2.64. The van der Waals surface area contributed by atoms with E-state index in [9.17, 15) is 9.90 Å². The fourth-order valence-corrected chi connectivity index (χ4v) is 4.03. The topological polar surface area (TPSA) is 74.2 Å². The molecule has 1 aliphatic carbocycles. The van der Waals surface area contributed by atoms with Crippen molar-refractivity contribution in [2.24, 2.45) is 0 Å². The Morgan fingerprint density at radius 3 is 2.76 bits per heavy atom. The first-order valence-corrected chi connectivity index (χ1v) is 8.78. The number of ketones is 1. The fraction of sp³-hybridized carbons (Fsp3) is 0.632. The number of benzene rings is 1. The zero-order valence-electron chi connectivity index (χ0n) is 14.5. The Morgan fingerprint density at radius 2 is 2.00 bits per heavy atom. The van der Waals surface area contributed by atoms with Gasteiger partial charge in [0.25, 0.3) is 0 Å². The highest BCUT2D eigenvalue weighted by atomic mass is 16.8. The van der Waals surface area contributed by atoms with Crippen LogP contribution in [-0.2, 0) is 30.3 Å². The summed E-state index contributed by atoms with van der Waals surface area (Å²) in [7, 11) is 0. The molecule has 2 aliphatic heterocycles. The van der Waals surface area contributed by atoms with Gasteiger partial charge in [-0.3, -0.25) is 4.79 Å². The summed E-state index contributed by atoms with van der Waals surface area (Å²) in [4.78, 5) is 11.9. The maximum Gasteiger partial charge on any atom is 0.187 e. The van der Waals surface area contributed by atoms with Gasteiger partial charge in [-0.2, -0.15) is 0 Å². The number of ether oxygens (including phenoxy) is 4. The number of aliphatic hydroxyl groups is 1. The Hall–Kier alpha value is -1.31. The molecule has 1 saturated carbocycles. The molecule has 0 amide bonds. The van der Waals surface area contributed by atoms with Gasteiger partial charge in [0.2, 0.25) is 0 Å². The number of carbonyl (C=O) groups is 1. The summed E-state index contributed by atoms with van der Waals surface area (Å²) in [5.74, 6) is -0.837. The maximum absolute atomic E-state index is 11.9. The summed E-state index contributed by atoms with van der Waals surface area (Å²) in [6.07, 6.45) is -1.47. The van der Waals surface area contributed by atoms with E-state index in [0.29, 0.717) is 19.4 Å². The molecule has 3 fully saturated rings. The molecule has 1 aromatic rings. The lowest BCUT2D eigenvalue weighted by atomic mass is 9.74. The Kier molecular flexibility index (Phi) is 4.21. The average Bonchev–Trinajstić information content (AvgIpc) is 2.90. The lowest BCUT2D eigenvalue weighted by Crippen LogP contribution is -2.67. The van der Waals surface area contributed by atoms with Crippen LogP contribution in [0.1, 0.15) is 38.7 Å². The number of hydrogen-bond acceptors (Lipinski definition) is 6. The standard InChI is InChI=1S/C19H24O6/c1-18(2)24-15-16(25-18)19(21)10-13(20)8-9-14(19)23-17(15)22-11-12-6-4-3-5-7-12/h3-7,14-17,21H,8-11H2,1-2H3/t14-,15-,16+,17-,19+/m0/s1. The number of hydrogen-bond donors (Lipinski definition) is 1. The number of Topliss-reactive ketones (excluding diaryl/α,β-unsaturated/α-hetero) is 1. The molecular formula is C19H24O6. The molecular weight excluding hydrogens is 324 g/mol. The van der Waals surface area contributed by atoms with Crippen LogP contribution in [0.15, 0.2) is 30.3 Å². The first kappa shape index (κ1) is 17.1. The SMILES string of the molecule is CC1(C)O[C@@H]2[C@@H](OCc3ccccc3)O[C@H]3CCC(=O)C[C@]3(O)[C@@H]2O1. The molecule has 136 valence electrons. The molecule has 6 nitrogen and oxygen atoms in total. The molecule has 5 atom stereocenters. The minimum absolute atomic E-state index is 0.0260. The molecule has 4 rings (SSSR count). The van der Waals surface area contributed by atoms with Crippen LogP contribution in [0.25, 0.3) is 0 Å². The highest BCUT2D eigenvalue weighted by Crippen LogP contribution is 2.47. The lowest BCUT2D eigenvalue weighted by Gasteiger charge is -2.49. The maximum atomic E-state index is 11.9. The van der Waals surface area contributed by atoms with Crippen LogP contribution < -0.4 is 0 Å². The van der Waals surface area contributed by atoms with Crippen LogP contribution in [0.2, 0.25) is 0 Å². The molecule has 0 unspecified atom stereocenters. The molecule has 25 heavy (non-hydrogen) atoms. The predicted molar refractivity (Wildman–Crippen MR) is 87.5 cm³/mol. The van der Waals surface area contributed by atoms with E-state index in [1.165, 1.54) is 0 Å². The van der Waals surface area contributed by atoms with Crippen molar-refractivity contribution >= 4 is 5.78 Å². The number of fused-ring (bicyclic) bond motifs is 3. The Labute approximate surface area is 147 Å². The Bertz CT molecular complexity index is 645. The van der Waals surface area contributed by atoms with E-state index in [4.69, 9.17) is 18.9 Å². The second-order valence-corrected chi connectivity index (χ2v) is 7.56. The van der Waals surface area contributed by atoms with Crippen LogP contribution in [0.4, 0.5) is 0 Å². The Balaban J connectivity index is 1.56. The van der Waals surface area contributed by atoms with Crippen LogP contribution in [0, 0.1) is 0 Å². The minimum Gasteiger partial charge on any atom is -0.384 e. The van der Waals surface area contributed by atoms with Gasteiger partial charge in [-0.25, -0.2) is 0 Å². The number of carbonyl (C=O) groups excluding carboxylic acids is 1. The van der Waals surface area contributed by atoms with Gasteiger partial charge in [-0.1, -0.05) is 30.3 Å². The average molecular weight is 348 g/mol. The second kappa shape index (κ2) is 6.14. The van der Waals surface area contributed by atoms with Gasteiger partial charge in [-0.15, -0.1) is 0 Å². The predicted octanol–water partition coefficient (Wildman–Crippen LogP) is 1.93. The van der Waals surface area contributed by atoms with Gasteiger partial charge in [0, 0.05) is 12.8 Å². The van der Waals surface area contributed by atoms with Crippen molar-refractivity contribution in [3.05, 3.63) is 35.9 Å². The molecule has 3 aliphatic rings. The largest absolute Gasteiger partial charge is 0.384 e. The van der Waals surface area contributed by atoms with E-state index in [-0.39, 0.29) is 12.2 Å². The molecule has 2 heterocycles. The van der Waals surface area contributed by atoms with Gasteiger partial charge in [0.05, 0.1) is 12.7 Å². The van der Waals surface area contributed by atoms with Crippen LogP contribution in [-0.4, -0.2) is 46.9 Å². The van der Waals surface area contributed by atoms with E-state index in [1.807, 2.05) is 30.3 Å². The third-order valence-corrected chi connectivity index (χ3v) is 5.17. The molecule has 0 spiro atoms. The third kappa shape index (κ3) is 3.13. The highest BCUT2D eigenvalue weighted by molar-refractivity contribution is 5.80. The van der Waals surface area contributed by atoms with Crippen molar-refractivity contribution in [3.8, 4) is 0 Å². The smallest absolute Gasteiger partial charge is 0.187 e. The zero-order chi connectivity index (χ0) is 17.7. The minimum atomic E-state index is -1.36. The van der Waals surface area contributed by atoms with Crippen molar-refractivity contribution < 1.29 is 28.8 Å². The van der Waals surface area contributed by atoms with E-state index >= 15 is 0 Å². The summed E-state index contributed by atoms with van der Waals surface area (Å²) in [5, 5.41) is 11.2. The van der Waals surface area contributed by atoms with Crippen molar-refractivity contribution in [2.75, 3.05) is 0 Å². The number of rotatable bonds is 3. The monoisotopic (exact) mass is 348 g/mol. The fourth-order valence-electron chi connectivity index (χ4n) is 4.03. The lowest BCUT2D eigenvalue weighted by molar-refractivity contribution is -0.311. The summed E-state index contributed by atoms with van der Waals surface area (Å²) in [6, 6.07) is 9.81. The van der Waals surface area contributed by atoms with E-state index in [0.717, 1.165) is 5.56 Å². The van der Waals surface area contributed by atoms with Crippen molar-refractivity contribution in [2.45, 2.75) is 75.7 Å². The molecule has 2 saturated heterocycles. The van der Waals surface area contributed by atoms with Gasteiger partial charge in [0.15, 0.2) is 12.1 Å². The second-order valence-electron chi connectivity index (χ2n) is 7.56. The summed E-state index contributed by atoms with van der Waals surface area (Å²) < 4.78 is 23.9. The molecule has 0 aromatic heterocycles. The summed E-state index contributed by atoms with van der Waals surface area (Å²) in [6.45, 7) is 3.97. The van der Waals surface area contributed by atoms with E-state index in [1.54, 1.807) is 13.8 Å². The van der Waals surface area contributed by atoms with Crippen molar-refractivity contribution in [1.29, 1.82) is 0 Å². The normalized spacial score (nSPS) is 39.7. The van der Waals surface area contributed by atoms with Gasteiger partial charge < -0.3 is 24.1 Å². The first-order valence-electron chi connectivity index (χ1n) is 8.78. The molecule has 1 N–H and O–H groups in total. The summed E-state index contributed by atoms with van der Waals surface area (Å²) in [5.41, 5.74) is -0.333.